The maximum absolute atomic E-state index is 12.4. The third-order valence-corrected chi connectivity index (χ3v) is 3.53. The number of dihydropyridines is 1. The summed E-state index contributed by atoms with van der Waals surface area (Å²) in [6, 6.07) is 2.64. The molecule has 4 amide bonds. The van der Waals surface area contributed by atoms with Crippen LogP contribution < -0.4 is 5.32 Å². The van der Waals surface area contributed by atoms with E-state index in [9.17, 15) is 14.4 Å². The molecule has 1 N–H and O–H groups in total. The number of allylic oxidation sites excluding steroid dienone is 1. The van der Waals surface area contributed by atoms with E-state index in [-0.39, 0.29) is 11.6 Å². The molecule has 8 nitrogen and oxygen atoms in total. The summed E-state index contributed by atoms with van der Waals surface area (Å²) in [7, 11) is 2.92. The van der Waals surface area contributed by atoms with E-state index in [1.54, 1.807) is 6.07 Å². The van der Waals surface area contributed by atoms with Gasteiger partial charge in [0.15, 0.2) is 11.7 Å². The van der Waals surface area contributed by atoms with Crippen molar-refractivity contribution in [1.82, 2.24) is 10.2 Å². The lowest BCUT2D eigenvalue weighted by atomic mass is 9.98. The van der Waals surface area contributed by atoms with Gasteiger partial charge in [-0.1, -0.05) is 0 Å². The molecule has 3 heterocycles. The minimum Gasteiger partial charge on any atom is -0.459 e. The van der Waals surface area contributed by atoms with Crippen molar-refractivity contribution in [1.29, 1.82) is 0 Å². The molecule has 112 valence electrons. The van der Waals surface area contributed by atoms with Crippen LogP contribution >= 0.6 is 0 Å². The van der Waals surface area contributed by atoms with Crippen molar-refractivity contribution in [3.8, 4) is 0 Å². The molecule has 3 rings (SSSR count). The summed E-state index contributed by atoms with van der Waals surface area (Å²) in [6.07, 6.45) is 4.35. The molecule has 0 saturated carbocycles. The van der Waals surface area contributed by atoms with Gasteiger partial charge in [0.25, 0.3) is 11.7 Å². The molecule has 0 saturated heterocycles. The van der Waals surface area contributed by atoms with E-state index in [0.29, 0.717) is 5.70 Å². The van der Waals surface area contributed by atoms with E-state index >= 15 is 0 Å². The Kier molecular flexibility index (Phi) is 3.21. The predicted octanol–water partition coefficient (Wildman–Crippen LogP) is 0.227. The van der Waals surface area contributed by atoms with Crippen molar-refractivity contribution in [3.05, 3.63) is 35.9 Å². The van der Waals surface area contributed by atoms with Gasteiger partial charge in [0.2, 0.25) is 0 Å². The number of carbonyl (C=O) groups is 3. The Balaban J connectivity index is 1.95. The van der Waals surface area contributed by atoms with Gasteiger partial charge in [-0.15, -0.1) is 4.99 Å². The molecule has 0 fully saturated rings. The summed E-state index contributed by atoms with van der Waals surface area (Å²) in [5, 5.41) is 2.64. The number of nitrogens with one attached hydrogen (secondary N) is 1. The zero-order chi connectivity index (χ0) is 15.9. The fourth-order valence-electron chi connectivity index (χ4n) is 2.35. The first-order valence-corrected chi connectivity index (χ1v) is 6.52. The Morgan fingerprint density at radius 3 is 2.91 bits per heavy atom. The first-order chi connectivity index (χ1) is 10.5. The number of nitrogens with zero attached hydrogens (tertiary/aromatic N) is 3. The van der Waals surface area contributed by atoms with Crippen molar-refractivity contribution >= 4 is 29.9 Å². The third-order valence-electron chi connectivity index (χ3n) is 3.53. The molecule has 0 spiro atoms. The minimum atomic E-state index is -0.823. The average molecular weight is 301 g/mol. The molecule has 1 aromatic heterocycles. The molecule has 22 heavy (non-hydrogen) atoms. The van der Waals surface area contributed by atoms with E-state index in [4.69, 9.17) is 4.42 Å². The van der Waals surface area contributed by atoms with Gasteiger partial charge in [0.05, 0.1) is 20.4 Å². The number of fused-ring (bicyclic) bond motifs is 1. The van der Waals surface area contributed by atoms with Crippen LogP contribution in [-0.4, -0.2) is 53.5 Å². The highest BCUT2D eigenvalue weighted by Crippen LogP contribution is 2.22. The van der Waals surface area contributed by atoms with Gasteiger partial charge in [0.1, 0.15) is 6.21 Å². The number of aliphatic imine (C=N–C) groups is 1. The molecule has 0 aliphatic carbocycles. The van der Waals surface area contributed by atoms with Crippen LogP contribution in [0.4, 0.5) is 4.79 Å². The number of hydrogen-bond donors (Lipinski definition) is 1. The van der Waals surface area contributed by atoms with Crippen molar-refractivity contribution < 1.29 is 23.4 Å². The molecule has 1 atom stereocenters. The van der Waals surface area contributed by atoms with Gasteiger partial charge in [0, 0.05) is 5.70 Å². The van der Waals surface area contributed by atoms with E-state index in [2.05, 4.69) is 10.3 Å². The van der Waals surface area contributed by atoms with Crippen LogP contribution in [0.1, 0.15) is 10.6 Å². The van der Waals surface area contributed by atoms with E-state index in [1.807, 2.05) is 0 Å². The zero-order valence-electron chi connectivity index (χ0n) is 11.9. The summed E-state index contributed by atoms with van der Waals surface area (Å²) in [4.78, 5) is 41.4. The molecule has 2 aliphatic heterocycles. The molecule has 0 aromatic carbocycles. The number of hydrogen-bond acceptors (Lipinski definition) is 5. The normalized spacial score (nSPS) is 20.9. The topological polar surface area (TPSA) is 95.0 Å². The monoisotopic (exact) mass is 301 g/mol. The number of amides is 4. The quantitative estimate of drug-likeness (QED) is 0.791. The molecule has 0 radical (unpaired) electrons. The summed E-state index contributed by atoms with van der Waals surface area (Å²) in [5.74, 6) is -1.32. The Labute approximate surface area is 125 Å². The summed E-state index contributed by atoms with van der Waals surface area (Å²) in [6.45, 7) is 0. The van der Waals surface area contributed by atoms with Crippen LogP contribution in [0.15, 0.2) is 39.6 Å². The van der Waals surface area contributed by atoms with Crippen molar-refractivity contribution in [2.24, 2.45) is 10.9 Å². The average Bonchev–Trinajstić information content (AvgIpc) is 3.05. The summed E-state index contributed by atoms with van der Waals surface area (Å²) in [5.41, 5.74) is 0.350. The SMILES string of the molecule is CN1C(=O)C2C(NC(=O)c3ccco3)=CC=NC2=[N+](C)C1=O. The van der Waals surface area contributed by atoms with E-state index in [0.717, 1.165) is 4.90 Å². The highest BCUT2D eigenvalue weighted by molar-refractivity contribution is 6.16. The number of amidine groups is 1. The standard InChI is InChI=1S/C14H12N4O4/c1-17-11-10(13(20)18(2)14(17)21)8(5-6-15-11)16-12(19)9-4-3-7-22-9/h3-7,10H,1-2H3/p+1. The molecule has 1 aromatic rings. The molecule has 1 unspecified atom stereocenters. The van der Waals surface area contributed by atoms with Crippen molar-refractivity contribution in [2.45, 2.75) is 0 Å². The van der Waals surface area contributed by atoms with Crippen molar-refractivity contribution in [2.75, 3.05) is 14.1 Å². The molecular formula is C14H13N4O4+. The number of rotatable bonds is 2. The first-order valence-electron chi connectivity index (χ1n) is 6.52. The Morgan fingerprint density at radius 1 is 1.45 bits per heavy atom. The third kappa shape index (κ3) is 2.05. The lowest BCUT2D eigenvalue weighted by molar-refractivity contribution is -0.407. The summed E-state index contributed by atoms with van der Waals surface area (Å²) >= 11 is 0. The van der Waals surface area contributed by atoms with Crippen LogP contribution in [-0.2, 0) is 4.79 Å². The lowest BCUT2D eigenvalue weighted by Gasteiger charge is -2.26. The second-order valence-electron chi connectivity index (χ2n) is 4.86. The van der Waals surface area contributed by atoms with Gasteiger partial charge in [-0.2, -0.15) is 9.48 Å². The Hall–Kier alpha value is -3.03. The molecule has 8 heteroatoms. The number of furan rings is 1. The van der Waals surface area contributed by atoms with Crippen molar-refractivity contribution in [3.63, 3.8) is 0 Å². The largest absolute Gasteiger partial charge is 0.459 e. The summed E-state index contributed by atoms with van der Waals surface area (Å²) < 4.78 is 6.31. The highest BCUT2D eigenvalue weighted by Gasteiger charge is 2.47. The molecule has 2 aliphatic rings. The van der Waals surface area contributed by atoms with Crippen LogP contribution in [0.25, 0.3) is 0 Å². The fourth-order valence-corrected chi connectivity index (χ4v) is 2.35. The van der Waals surface area contributed by atoms with E-state index < -0.39 is 23.8 Å². The maximum Gasteiger partial charge on any atom is 0.445 e. The number of urea groups is 1. The lowest BCUT2D eigenvalue weighted by Crippen LogP contribution is -2.54. The van der Waals surface area contributed by atoms with Crippen LogP contribution in [0, 0.1) is 5.92 Å². The van der Waals surface area contributed by atoms with Gasteiger partial charge in [-0.05, 0) is 18.2 Å². The number of imide groups is 1. The Bertz CT molecular complexity index is 758. The van der Waals surface area contributed by atoms with Crippen LogP contribution in [0.3, 0.4) is 0 Å². The van der Waals surface area contributed by atoms with Crippen LogP contribution in [0.2, 0.25) is 0 Å². The fraction of sp³-hybridized carbons (Fsp3) is 0.214. The first kappa shape index (κ1) is 13.9. The minimum absolute atomic E-state index is 0.131. The smallest absolute Gasteiger partial charge is 0.445 e. The predicted molar refractivity (Wildman–Crippen MR) is 75.6 cm³/mol. The van der Waals surface area contributed by atoms with Gasteiger partial charge in [-0.25, -0.2) is 4.79 Å². The van der Waals surface area contributed by atoms with E-state index in [1.165, 1.54) is 43.3 Å². The molecule has 0 bridgehead atoms. The highest BCUT2D eigenvalue weighted by atomic mass is 16.3. The van der Waals surface area contributed by atoms with Gasteiger partial charge in [-0.3, -0.25) is 9.59 Å². The van der Waals surface area contributed by atoms with Gasteiger partial charge < -0.3 is 9.73 Å². The second-order valence-corrected chi connectivity index (χ2v) is 4.86. The Morgan fingerprint density at radius 2 is 2.23 bits per heavy atom. The molecular weight excluding hydrogens is 288 g/mol. The van der Waals surface area contributed by atoms with Crippen LogP contribution in [0.5, 0.6) is 0 Å². The maximum atomic E-state index is 12.4. The number of carbonyl (C=O) groups excluding carboxylic acids is 3. The zero-order valence-corrected chi connectivity index (χ0v) is 11.9. The van der Waals surface area contributed by atoms with Gasteiger partial charge >= 0.3 is 11.9 Å². The second kappa shape index (κ2) is 5.06.